The molecular weight excluding hydrogens is 248 g/mol. The van der Waals surface area contributed by atoms with E-state index in [2.05, 4.69) is 0 Å². The molecule has 0 spiro atoms. The number of hydrogen-bond donors (Lipinski definition) is 2. The van der Waals surface area contributed by atoms with E-state index in [-0.39, 0.29) is 11.4 Å². The summed E-state index contributed by atoms with van der Waals surface area (Å²) in [7, 11) is 0. The minimum absolute atomic E-state index is 0.0938. The molecule has 1 heterocycles. The van der Waals surface area contributed by atoms with Crippen molar-refractivity contribution < 1.29 is 9.72 Å². The van der Waals surface area contributed by atoms with Crippen molar-refractivity contribution in [2.75, 3.05) is 17.2 Å². The molecule has 1 atom stereocenters. The van der Waals surface area contributed by atoms with Crippen molar-refractivity contribution in [3.63, 3.8) is 0 Å². The van der Waals surface area contributed by atoms with Gasteiger partial charge in [0.25, 0.3) is 0 Å². The Morgan fingerprint density at radius 2 is 2.16 bits per heavy atom. The summed E-state index contributed by atoms with van der Waals surface area (Å²) in [6, 6.07) is 4.22. The molecule has 1 fully saturated rings. The molecule has 1 aromatic rings. The monoisotopic (exact) mass is 264 g/mol. The molecule has 0 aliphatic carbocycles. The van der Waals surface area contributed by atoms with Gasteiger partial charge in [0.15, 0.2) is 0 Å². The Morgan fingerprint density at radius 1 is 1.42 bits per heavy atom. The molecule has 1 amide bonds. The number of carbonyl (C=O) groups excluding carboxylic acids is 1. The average molecular weight is 264 g/mol. The van der Waals surface area contributed by atoms with Crippen LogP contribution in [-0.4, -0.2) is 23.4 Å². The lowest BCUT2D eigenvalue weighted by Crippen LogP contribution is -2.48. The Hall–Kier alpha value is -2.31. The molecule has 7 heteroatoms. The van der Waals surface area contributed by atoms with Crippen LogP contribution in [0.3, 0.4) is 0 Å². The number of benzene rings is 1. The number of nitrogens with two attached hydrogens (primary N) is 2. The van der Waals surface area contributed by atoms with Gasteiger partial charge in [-0.2, -0.15) is 0 Å². The fourth-order valence-corrected chi connectivity index (χ4v) is 2.50. The Kier molecular flexibility index (Phi) is 3.55. The maximum atomic E-state index is 11.5. The zero-order valence-electron chi connectivity index (χ0n) is 10.4. The number of para-hydroxylation sites is 1. The largest absolute Gasteiger partial charge is 0.393 e. The third-order valence-corrected chi connectivity index (χ3v) is 3.37. The van der Waals surface area contributed by atoms with Crippen LogP contribution in [-0.2, 0) is 4.79 Å². The number of primary amides is 1. The number of anilines is 2. The highest BCUT2D eigenvalue weighted by Crippen LogP contribution is 2.36. The number of hydrogen-bond acceptors (Lipinski definition) is 5. The summed E-state index contributed by atoms with van der Waals surface area (Å²) in [5.74, 6) is -0.462. The van der Waals surface area contributed by atoms with Gasteiger partial charge in [-0.3, -0.25) is 14.9 Å². The first-order valence-electron chi connectivity index (χ1n) is 6.11. The summed E-state index contributed by atoms with van der Waals surface area (Å²) in [5.41, 5.74) is 11.3. The topological polar surface area (TPSA) is 115 Å². The lowest BCUT2D eigenvalue weighted by atomic mass is 10.00. The number of nitrogen functional groups attached to an aromatic ring is 1. The van der Waals surface area contributed by atoms with Crippen molar-refractivity contribution in [3.05, 3.63) is 28.3 Å². The number of nitro groups is 1. The second-order valence-corrected chi connectivity index (χ2v) is 4.58. The fourth-order valence-electron chi connectivity index (χ4n) is 2.50. The maximum Gasteiger partial charge on any atom is 0.315 e. The van der Waals surface area contributed by atoms with Crippen molar-refractivity contribution in [1.82, 2.24) is 0 Å². The van der Waals surface area contributed by atoms with Gasteiger partial charge in [-0.05, 0) is 31.4 Å². The van der Waals surface area contributed by atoms with E-state index in [1.165, 1.54) is 6.07 Å². The summed E-state index contributed by atoms with van der Waals surface area (Å²) in [4.78, 5) is 23.8. The minimum atomic E-state index is -0.517. The van der Waals surface area contributed by atoms with E-state index < -0.39 is 16.9 Å². The summed E-state index contributed by atoms with van der Waals surface area (Å²) in [5, 5.41) is 11.1. The predicted molar refractivity (Wildman–Crippen MR) is 71.7 cm³/mol. The van der Waals surface area contributed by atoms with E-state index in [1.807, 2.05) is 0 Å². The van der Waals surface area contributed by atoms with Crippen LogP contribution in [0.2, 0.25) is 0 Å². The molecule has 2 rings (SSSR count). The summed E-state index contributed by atoms with van der Waals surface area (Å²) < 4.78 is 0. The van der Waals surface area contributed by atoms with E-state index in [1.54, 1.807) is 17.0 Å². The number of nitrogens with zero attached hydrogens (tertiary/aromatic N) is 2. The molecule has 1 aromatic carbocycles. The Bertz CT molecular complexity index is 518. The highest BCUT2D eigenvalue weighted by atomic mass is 16.6. The number of nitro benzene ring substituents is 1. The molecule has 1 saturated heterocycles. The van der Waals surface area contributed by atoms with Crippen LogP contribution in [0.4, 0.5) is 17.1 Å². The van der Waals surface area contributed by atoms with Crippen LogP contribution < -0.4 is 16.4 Å². The third-order valence-electron chi connectivity index (χ3n) is 3.37. The van der Waals surface area contributed by atoms with E-state index in [0.717, 1.165) is 12.8 Å². The fraction of sp³-hybridized carbons (Fsp3) is 0.417. The van der Waals surface area contributed by atoms with Crippen molar-refractivity contribution in [3.8, 4) is 0 Å². The molecular formula is C12H16N4O3. The van der Waals surface area contributed by atoms with Crippen LogP contribution in [0.5, 0.6) is 0 Å². The molecule has 7 nitrogen and oxygen atoms in total. The molecule has 0 saturated carbocycles. The van der Waals surface area contributed by atoms with Gasteiger partial charge in [0.2, 0.25) is 5.91 Å². The smallest absolute Gasteiger partial charge is 0.315 e. The summed E-state index contributed by atoms with van der Waals surface area (Å²) >= 11 is 0. The highest BCUT2D eigenvalue weighted by molar-refractivity contribution is 5.86. The molecule has 1 unspecified atom stereocenters. The second-order valence-electron chi connectivity index (χ2n) is 4.58. The van der Waals surface area contributed by atoms with Gasteiger partial charge in [0.1, 0.15) is 17.4 Å². The number of rotatable bonds is 3. The van der Waals surface area contributed by atoms with Crippen molar-refractivity contribution in [2.24, 2.45) is 5.73 Å². The zero-order chi connectivity index (χ0) is 14.0. The molecule has 1 aliphatic rings. The van der Waals surface area contributed by atoms with Gasteiger partial charge >= 0.3 is 5.69 Å². The maximum absolute atomic E-state index is 11.5. The van der Waals surface area contributed by atoms with Gasteiger partial charge in [0.05, 0.1) is 4.92 Å². The number of carbonyl (C=O) groups is 1. The minimum Gasteiger partial charge on any atom is -0.393 e. The third kappa shape index (κ3) is 2.44. The second kappa shape index (κ2) is 5.13. The molecule has 0 aromatic heterocycles. The SMILES string of the molecule is NC(=O)C1CCCCN1c1cccc(N)c1[N+](=O)[O-]. The van der Waals surface area contributed by atoms with E-state index in [9.17, 15) is 14.9 Å². The zero-order valence-corrected chi connectivity index (χ0v) is 10.4. The van der Waals surface area contributed by atoms with Crippen LogP contribution in [0.1, 0.15) is 19.3 Å². The van der Waals surface area contributed by atoms with Crippen molar-refractivity contribution in [1.29, 1.82) is 0 Å². The Morgan fingerprint density at radius 3 is 2.79 bits per heavy atom. The molecule has 0 bridgehead atoms. The highest BCUT2D eigenvalue weighted by Gasteiger charge is 2.32. The van der Waals surface area contributed by atoms with Crippen LogP contribution in [0, 0.1) is 10.1 Å². The van der Waals surface area contributed by atoms with Crippen LogP contribution in [0.15, 0.2) is 18.2 Å². The standard InChI is InChI=1S/C12H16N4O3/c13-8-4-3-6-9(11(8)16(18)19)15-7-2-1-5-10(15)12(14)17/h3-4,6,10H,1-2,5,7,13H2,(H2,14,17). The Labute approximate surface area is 110 Å². The van der Waals surface area contributed by atoms with Gasteiger partial charge < -0.3 is 16.4 Å². The van der Waals surface area contributed by atoms with E-state index in [0.29, 0.717) is 18.7 Å². The van der Waals surface area contributed by atoms with Gasteiger partial charge in [-0.25, -0.2) is 0 Å². The van der Waals surface area contributed by atoms with Crippen LogP contribution in [0.25, 0.3) is 0 Å². The van der Waals surface area contributed by atoms with E-state index >= 15 is 0 Å². The summed E-state index contributed by atoms with van der Waals surface area (Å²) in [6.07, 6.45) is 2.37. The van der Waals surface area contributed by atoms with E-state index in [4.69, 9.17) is 11.5 Å². The molecule has 0 radical (unpaired) electrons. The lowest BCUT2D eigenvalue weighted by molar-refractivity contribution is -0.383. The normalized spacial score (nSPS) is 19.2. The molecule has 1 aliphatic heterocycles. The summed E-state index contributed by atoms with van der Waals surface area (Å²) in [6.45, 7) is 0.567. The molecule has 4 N–H and O–H groups in total. The first kappa shape index (κ1) is 13.1. The first-order chi connectivity index (χ1) is 9.02. The van der Waals surface area contributed by atoms with Gasteiger partial charge in [-0.15, -0.1) is 0 Å². The van der Waals surface area contributed by atoms with Gasteiger partial charge in [-0.1, -0.05) is 6.07 Å². The van der Waals surface area contributed by atoms with Crippen molar-refractivity contribution >= 4 is 23.0 Å². The number of piperidine rings is 1. The first-order valence-corrected chi connectivity index (χ1v) is 6.11. The predicted octanol–water partition coefficient (Wildman–Crippen LogP) is 1.02. The Balaban J connectivity index is 2.47. The number of amides is 1. The van der Waals surface area contributed by atoms with Crippen molar-refractivity contribution in [2.45, 2.75) is 25.3 Å². The molecule has 102 valence electrons. The molecule has 19 heavy (non-hydrogen) atoms. The average Bonchev–Trinajstić information content (AvgIpc) is 2.37. The quantitative estimate of drug-likeness (QED) is 0.480. The van der Waals surface area contributed by atoms with Crippen LogP contribution >= 0.6 is 0 Å². The van der Waals surface area contributed by atoms with Gasteiger partial charge in [0, 0.05) is 6.54 Å². The lowest BCUT2D eigenvalue weighted by Gasteiger charge is -2.35.